The van der Waals surface area contributed by atoms with E-state index >= 15 is 0 Å². The van der Waals surface area contributed by atoms with Crippen molar-refractivity contribution in [3.05, 3.63) is 52.8 Å². The molecule has 3 rings (SSSR count). The van der Waals surface area contributed by atoms with Crippen molar-refractivity contribution in [3.63, 3.8) is 0 Å². The predicted molar refractivity (Wildman–Crippen MR) is 97.4 cm³/mol. The van der Waals surface area contributed by atoms with Gasteiger partial charge < -0.3 is 15.5 Å². The first-order valence-corrected chi connectivity index (χ1v) is 8.72. The Balaban J connectivity index is 2.12. The van der Waals surface area contributed by atoms with Crippen LogP contribution in [0, 0.1) is 5.82 Å². The first kappa shape index (κ1) is 19.5. The fourth-order valence-corrected chi connectivity index (χ4v) is 3.31. The summed E-state index contributed by atoms with van der Waals surface area (Å²) in [6.45, 7) is 0.511. The molecular formula is C19H17ClF4N2O. The van der Waals surface area contributed by atoms with Crippen molar-refractivity contribution < 1.29 is 22.3 Å². The Morgan fingerprint density at radius 3 is 2.52 bits per heavy atom. The molecule has 3 nitrogen and oxygen atoms in total. The van der Waals surface area contributed by atoms with E-state index in [0.29, 0.717) is 35.1 Å². The molecule has 0 fully saturated rings. The van der Waals surface area contributed by atoms with Crippen molar-refractivity contribution in [2.24, 2.45) is 5.73 Å². The Bertz CT molecular complexity index is 953. The van der Waals surface area contributed by atoms with Crippen LogP contribution in [-0.4, -0.2) is 17.9 Å². The number of aryl methyl sites for hydroxylation is 1. The third-order valence-corrected chi connectivity index (χ3v) is 4.51. The third kappa shape index (κ3) is 4.54. The van der Waals surface area contributed by atoms with Crippen LogP contribution in [0.1, 0.15) is 18.4 Å². The van der Waals surface area contributed by atoms with Gasteiger partial charge in [-0.3, -0.25) is 0 Å². The monoisotopic (exact) mass is 400 g/mol. The van der Waals surface area contributed by atoms with Crippen LogP contribution in [0.4, 0.5) is 17.6 Å². The van der Waals surface area contributed by atoms with Gasteiger partial charge in [-0.25, -0.2) is 4.39 Å². The second-order valence-electron chi connectivity index (χ2n) is 6.10. The molecular weight excluding hydrogens is 384 g/mol. The number of hydrogen-bond donors (Lipinski definition) is 2. The van der Waals surface area contributed by atoms with Crippen LogP contribution in [0.25, 0.3) is 22.2 Å². The molecule has 0 aliphatic rings. The van der Waals surface area contributed by atoms with E-state index in [1.54, 1.807) is 6.07 Å². The molecule has 0 spiro atoms. The van der Waals surface area contributed by atoms with Crippen molar-refractivity contribution in [1.82, 2.24) is 4.98 Å². The SMILES string of the molecule is NCCCCc1c(-c2ccc(F)cc2Cl)[nH]c2ccc(OC(F)(F)F)cc12. The number of H-pyrrole nitrogens is 1. The molecule has 0 radical (unpaired) electrons. The first-order valence-electron chi connectivity index (χ1n) is 8.34. The Labute approximate surface area is 158 Å². The lowest BCUT2D eigenvalue weighted by Crippen LogP contribution is -2.16. The number of halogens is 5. The number of nitrogens with one attached hydrogen (secondary N) is 1. The number of ether oxygens (including phenoxy) is 1. The van der Waals surface area contributed by atoms with Gasteiger partial charge in [0.2, 0.25) is 0 Å². The average Bonchev–Trinajstić information content (AvgIpc) is 2.91. The molecule has 2 aromatic carbocycles. The number of nitrogens with two attached hydrogens (primary N) is 1. The van der Waals surface area contributed by atoms with Crippen molar-refractivity contribution in [2.75, 3.05) is 6.54 Å². The van der Waals surface area contributed by atoms with Gasteiger partial charge >= 0.3 is 6.36 Å². The highest BCUT2D eigenvalue weighted by molar-refractivity contribution is 6.33. The predicted octanol–water partition coefficient (Wildman–Crippen LogP) is 5.81. The van der Waals surface area contributed by atoms with Gasteiger partial charge in [-0.1, -0.05) is 11.6 Å². The normalized spacial score (nSPS) is 11.9. The molecule has 0 aliphatic carbocycles. The summed E-state index contributed by atoms with van der Waals surface area (Å²) < 4.78 is 55.1. The summed E-state index contributed by atoms with van der Waals surface area (Å²) >= 11 is 6.19. The molecule has 0 amide bonds. The van der Waals surface area contributed by atoms with Gasteiger partial charge in [0.1, 0.15) is 11.6 Å². The number of rotatable bonds is 6. The topological polar surface area (TPSA) is 51.0 Å². The largest absolute Gasteiger partial charge is 0.573 e. The molecule has 0 saturated heterocycles. The summed E-state index contributed by atoms with van der Waals surface area (Å²) in [6, 6.07) is 8.13. The van der Waals surface area contributed by atoms with Gasteiger partial charge in [0.15, 0.2) is 0 Å². The van der Waals surface area contributed by atoms with Gasteiger partial charge in [0, 0.05) is 16.5 Å². The van der Waals surface area contributed by atoms with E-state index in [4.69, 9.17) is 17.3 Å². The summed E-state index contributed by atoms with van der Waals surface area (Å²) in [5.41, 5.74) is 8.21. The fraction of sp³-hybridized carbons (Fsp3) is 0.263. The molecule has 0 unspecified atom stereocenters. The van der Waals surface area contributed by atoms with Gasteiger partial charge in [0.25, 0.3) is 0 Å². The molecule has 1 aromatic heterocycles. The molecule has 1 heterocycles. The zero-order valence-corrected chi connectivity index (χ0v) is 14.9. The molecule has 8 heteroatoms. The summed E-state index contributed by atoms with van der Waals surface area (Å²) in [6.07, 6.45) is -2.68. The maximum atomic E-state index is 13.4. The lowest BCUT2D eigenvalue weighted by Gasteiger charge is -2.09. The van der Waals surface area contributed by atoms with Crippen LogP contribution in [0.15, 0.2) is 36.4 Å². The molecule has 144 valence electrons. The van der Waals surface area contributed by atoms with Crippen LogP contribution in [-0.2, 0) is 6.42 Å². The molecule has 3 N–H and O–H groups in total. The minimum Gasteiger partial charge on any atom is -0.406 e. The number of benzene rings is 2. The smallest absolute Gasteiger partial charge is 0.406 e. The van der Waals surface area contributed by atoms with E-state index in [2.05, 4.69) is 9.72 Å². The molecule has 0 aliphatic heterocycles. The van der Waals surface area contributed by atoms with E-state index in [9.17, 15) is 17.6 Å². The third-order valence-electron chi connectivity index (χ3n) is 4.19. The number of unbranched alkanes of at least 4 members (excludes halogenated alkanes) is 1. The second kappa shape index (κ2) is 7.78. The number of aromatic amines is 1. The minimum absolute atomic E-state index is 0.216. The van der Waals surface area contributed by atoms with Crippen molar-refractivity contribution in [2.45, 2.75) is 25.6 Å². The van der Waals surface area contributed by atoms with Crippen LogP contribution < -0.4 is 10.5 Å². The van der Waals surface area contributed by atoms with Crippen LogP contribution >= 0.6 is 11.6 Å². The first-order chi connectivity index (χ1) is 12.8. The lowest BCUT2D eigenvalue weighted by molar-refractivity contribution is -0.274. The number of alkyl halides is 3. The van der Waals surface area contributed by atoms with E-state index in [0.717, 1.165) is 18.4 Å². The lowest BCUT2D eigenvalue weighted by atomic mass is 10.00. The van der Waals surface area contributed by atoms with Gasteiger partial charge in [0.05, 0.1) is 10.7 Å². The van der Waals surface area contributed by atoms with Crippen LogP contribution in [0.3, 0.4) is 0 Å². The van der Waals surface area contributed by atoms with Gasteiger partial charge in [-0.2, -0.15) is 0 Å². The number of aromatic nitrogens is 1. The Hall–Kier alpha value is -2.25. The maximum absolute atomic E-state index is 13.4. The van der Waals surface area contributed by atoms with Crippen LogP contribution in [0.5, 0.6) is 5.75 Å². The minimum atomic E-state index is -4.77. The summed E-state index contributed by atoms with van der Waals surface area (Å²) in [5, 5.41) is 0.817. The Morgan fingerprint density at radius 1 is 1.07 bits per heavy atom. The fourth-order valence-electron chi connectivity index (χ4n) is 3.05. The molecule has 0 saturated carbocycles. The van der Waals surface area contributed by atoms with E-state index in [1.165, 1.54) is 30.3 Å². The maximum Gasteiger partial charge on any atom is 0.573 e. The number of hydrogen-bond acceptors (Lipinski definition) is 2. The summed E-state index contributed by atoms with van der Waals surface area (Å²) in [7, 11) is 0. The molecule has 0 bridgehead atoms. The van der Waals surface area contributed by atoms with E-state index < -0.39 is 12.2 Å². The zero-order chi connectivity index (χ0) is 19.6. The highest BCUT2D eigenvalue weighted by Crippen LogP contribution is 2.37. The van der Waals surface area contributed by atoms with Gasteiger partial charge in [-0.15, -0.1) is 13.2 Å². The summed E-state index contributed by atoms with van der Waals surface area (Å²) in [4.78, 5) is 3.18. The Morgan fingerprint density at radius 2 is 1.85 bits per heavy atom. The second-order valence-corrected chi connectivity index (χ2v) is 6.51. The highest BCUT2D eigenvalue weighted by Gasteiger charge is 2.31. The van der Waals surface area contributed by atoms with E-state index in [1.807, 2.05) is 0 Å². The van der Waals surface area contributed by atoms with E-state index in [-0.39, 0.29) is 10.8 Å². The van der Waals surface area contributed by atoms with Crippen molar-refractivity contribution >= 4 is 22.5 Å². The Kier molecular flexibility index (Phi) is 5.62. The standard InChI is InChI=1S/C19H17ClF4N2O/c20-16-9-11(21)4-6-14(16)18-13(3-1-2-8-25)15-10-12(27-19(22,23)24)5-7-17(15)26-18/h4-7,9-10,26H,1-3,8,25H2. The van der Waals surface area contributed by atoms with Gasteiger partial charge in [-0.05, 0) is 67.8 Å². The molecule has 3 aromatic rings. The summed E-state index contributed by atoms with van der Waals surface area (Å²) in [5.74, 6) is -0.767. The zero-order valence-electron chi connectivity index (χ0n) is 14.2. The number of fused-ring (bicyclic) bond motifs is 1. The molecule has 27 heavy (non-hydrogen) atoms. The van der Waals surface area contributed by atoms with Crippen molar-refractivity contribution in [3.8, 4) is 17.0 Å². The highest BCUT2D eigenvalue weighted by atomic mass is 35.5. The van der Waals surface area contributed by atoms with Crippen LogP contribution in [0.2, 0.25) is 5.02 Å². The molecule has 0 atom stereocenters. The quantitative estimate of drug-likeness (QED) is 0.405. The van der Waals surface area contributed by atoms with Crippen molar-refractivity contribution in [1.29, 1.82) is 0 Å². The average molecular weight is 401 g/mol.